The Morgan fingerprint density at radius 2 is 1.64 bits per heavy atom. The maximum atomic E-state index is 12.1. The molecule has 3 nitrogen and oxygen atoms in total. The summed E-state index contributed by atoms with van der Waals surface area (Å²) in [6, 6.07) is 18.1. The molecule has 1 aliphatic heterocycles. The van der Waals surface area contributed by atoms with Crippen LogP contribution >= 0.6 is 0 Å². The molecule has 0 aliphatic carbocycles. The summed E-state index contributed by atoms with van der Waals surface area (Å²) in [4.78, 5) is 13.7. The molecule has 25 heavy (non-hydrogen) atoms. The van der Waals surface area contributed by atoms with Crippen LogP contribution in [0.5, 0.6) is 0 Å². The Balaban J connectivity index is 0.00000225. The summed E-state index contributed by atoms with van der Waals surface area (Å²) in [5, 5.41) is 0. The molecule has 0 aromatic heterocycles. The van der Waals surface area contributed by atoms with E-state index < -0.39 is 0 Å². The van der Waals surface area contributed by atoms with E-state index in [1.807, 2.05) is 36.5 Å². The fourth-order valence-corrected chi connectivity index (χ4v) is 3.41. The zero-order chi connectivity index (χ0) is 17.3. The first kappa shape index (κ1) is 19.1. The SMILES string of the molecule is CC(=O)N(C=CC1=[N+](C)c2ccccc2C1(C)C)c1ccccc1.[Br-]. The van der Waals surface area contributed by atoms with Crippen LogP contribution in [0.15, 0.2) is 66.9 Å². The Labute approximate surface area is 160 Å². The van der Waals surface area contributed by atoms with Crippen molar-refractivity contribution < 1.29 is 26.4 Å². The Morgan fingerprint density at radius 1 is 1.04 bits per heavy atom. The zero-order valence-electron chi connectivity index (χ0n) is 15.0. The summed E-state index contributed by atoms with van der Waals surface area (Å²) in [6.45, 7) is 6.02. The lowest BCUT2D eigenvalue weighted by atomic mass is 9.81. The van der Waals surface area contributed by atoms with E-state index in [0.717, 1.165) is 5.69 Å². The van der Waals surface area contributed by atoms with Crippen molar-refractivity contribution in [3.8, 4) is 0 Å². The summed E-state index contributed by atoms with van der Waals surface area (Å²) >= 11 is 0. The largest absolute Gasteiger partial charge is 1.00 e. The number of rotatable bonds is 3. The first-order valence-electron chi connectivity index (χ1n) is 8.16. The van der Waals surface area contributed by atoms with Gasteiger partial charge in [0, 0.05) is 36.5 Å². The minimum absolute atomic E-state index is 0. The fraction of sp³-hybridized carbons (Fsp3) is 0.238. The molecule has 130 valence electrons. The van der Waals surface area contributed by atoms with Crippen molar-refractivity contribution >= 4 is 23.0 Å². The molecule has 1 heterocycles. The highest BCUT2D eigenvalue weighted by molar-refractivity contribution is 6.04. The molecule has 0 saturated carbocycles. The Hall–Kier alpha value is -2.20. The van der Waals surface area contributed by atoms with Crippen LogP contribution in [0, 0.1) is 0 Å². The first-order chi connectivity index (χ1) is 11.4. The van der Waals surface area contributed by atoms with Gasteiger partial charge in [0.15, 0.2) is 5.71 Å². The van der Waals surface area contributed by atoms with E-state index in [2.05, 4.69) is 55.8 Å². The number of allylic oxidation sites excluding steroid dienone is 1. The maximum absolute atomic E-state index is 12.1. The van der Waals surface area contributed by atoms with Crippen LogP contribution in [0.3, 0.4) is 0 Å². The number of carbonyl (C=O) groups excluding carboxylic acids is 1. The van der Waals surface area contributed by atoms with Gasteiger partial charge in [-0.3, -0.25) is 9.69 Å². The van der Waals surface area contributed by atoms with Crippen molar-refractivity contribution in [1.29, 1.82) is 0 Å². The minimum atomic E-state index is -0.0962. The van der Waals surface area contributed by atoms with Crippen LogP contribution < -0.4 is 21.9 Å². The summed E-state index contributed by atoms with van der Waals surface area (Å²) in [6.07, 6.45) is 3.92. The van der Waals surface area contributed by atoms with Crippen LogP contribution in [0.1, 0.15) is 26.3 Å². The second kappa shape index (κ2) is 7.36. The van der Waals surface area contributed by atoms with E-state index in [1.165, 1.54) is 17.0 Å². The van der Waals surface area contributed by atoms with Crippen molar-refractivity contribution in [2.75, 3.05) is 11.9 Å². The van der Waals surface area contributed by atoms with Gasteiger partial charge in [-0.2, -0.15) is 4.58 Å². The highest BCUT2D eigenvalue weighted by Crippen LogP contribution is 2.39. The summed E-state index contributed by atoms with van der Waals surface area (Å²) < 4.78 is 2.20. The Bertz CT molecular complexity index is 838. The monoisotopic (exact) mass is 398 g/mol. The van der Waals surface area contributed by atoms with Gasteiger partial charge in [-0.1, -0.05) is 36.4 Å². The Morgan fingerprint density at radius 3 is 2.24 bits per heavy atom. The Kier molecular flexibility index (Phi) is 5.63. The average molecular weight is 399 g/mol. The second-order valence-electron chi connectivity index (χ2n) is 6.63. The minimum Gasteiger partial charge on any atom is -1.00 e. The topological polar surface area (TPSA) is 23.3 Å². The van der Waals surface area contributed by atoms with Crippen LogP contribution in [0.25, 0.3) is 0 Å². The molecular weight excluding hydrogens is 376 g/mol. The number of halogens is 1. The van der Waals surface area contributed by atoms with Crippen molar-refractivity contribution in [3.63, 3.8) is 0 Å². The van der Waals surface area contributed by atoms with Gasteiger partial charge in [0.05, 0.1) is 5.41 Å². The van der Waals surface area contributed by atoms with E-state index in [1.54, 1.807) is 11.8 Å². The molecule has 1 aliphatic rings. The molecule has 0 spiro atoms. The van der Waals surface area contributed by atoms with E-state index in [0.29, 0.717) is 0 Å². The molecule has 3 rings (SSSR count). The summed E-state index contributed by atoms with van der Waals surface area (Å²) in [5.41, 5.74) is 4.47. The molecule has 0 unspecified atom stereocenters. The number of nitrogens with zero attached hydrogens (tertiary/aromatic N) is 2. The number of hydrogen-bond donors (Lipinski definition) is 0. The van der Waals surface area contributed by atoms with Gasteiger partial charge >= 0.3 is 0 Å². The van der Waals surface area contributed by atoms with E-state index in [4.69, 9.17) is 0 Å². The molecule has 0 fully saturated rings. The van der Waals surface area contributed by atoms with Crippen molar-refractivity contribution in [2.45, 2.75) is 26.2 Å². The lowest BCUT2D eigenvalue weighted by Crippen LogP contribution is -3.00. The molecule has 0 N–H and O–H groups in total. The third kappa shape index (κ3) is 3.45. The highest BCUT2D eigenvalue weighted by atomic mass is 79.9. The lowest BCUT2D eigenvalue weighted by molar-refractivity contribution is -0.401. The van der Waals surface area contributed by atoms with Gasteiger partial charge in [0.2, 0.25) is 11.6 Å². The number of para-hydroxylation sites is 2. The van der Waals surface area contributed by atoms with Gasteiger partial charge in [0.1, 0.15) is 7.05 Å². The molecule has 2 aromatic carbocycles. The molecule has 1 amide bonds. The molecule has 2 aromatic rings. The first-order valence-corrected chi connectivity index (χ1v) is 8.16. The van der Waals surface area contributed by atoms with Crippen LogP contribution in [-0.2, 0) is 10.2 Å². The zero-order valence-corrected chi connectivity index (χ0v) is 16.6. The maximum Gasteiger partial charge on any atom is 0.227 e. The van der Waals surface area contributed by atoms with Gasteiger partial charge in [0.25, 0.3) is 0 Å². The van der Waals surface area contributed by atoms with E-state index in [9.17, 15) is 4.79 Å². The normalized spacial score (nSPS) is 15.0. The number of hydrogen-bond acceptors (Lipinski definition) is 1. The number of anilines is 1. The fourth-order valence-electron chi connectivity index (χ4n) is 3.41. The molecular formula is C21H23BrN2O. The van der Waals surface area contributed by atoms with E-state index >= 15 is 0 Å². The van der Waals surface area contributed by atoms with Crippen molar-refractivity contribution in [1.82, 2.24) is 0 Å². The smallest absolute Gasteiger partial charge is 0.227 e. The average Bonchev–Trinajstić information content (AvgIpc) is 2.76. The number of fused-ring (bicyclic) bond motifs is 1. The molecule has 4 heteroatoms. The number of benzene rings is 2. The second-order valence-corrected chi connectivity index (χ2v) is 6.63. The third-order valence-electron chi connectivity index (χ3n) is 4.70. The van der Waals surface area contributed by atoms with Gasteiger partial charge in [-0.15, -0.1) is 0 Å². The molecule has 0 saturated heterocycles. The predicted octanol–water partition coefficient (Wildman–Crippen LogP) is 1.26. The van der Waals surface area contributed by atoms with Gasteiger partial charge in [-0.25, -0.2) is 0 Å². The summed E-state index contributed by atoms with van der Waals surface area (Å²) in [5.74, 6) is -0.00554. The van der Waals surface area contributed by atoms with Crippen LogP contribution in [0.2, 0.25) is 0 Å². The molecule has 0 bridgehead atoms. The highest BCUT2D eigenvalue weighted by Gasteiger charge is 2.42. The lowest BCUT2D eigenvalue weighted by Gasteiger charge is -2.18. The van der Waals surface area contributed by atoms with Crippen LogP contribution in [-0.4, -0.2) is 23.2 Å². The van der Waals surface area contributed by atoms with Gasteiger partial charge in [-0.05, 0) is 26.0 Å². The summed E-state index contributed by atoms with van der Waals surface area (Å²) in [7, 11) is 2.08. The number of carbonyl (C=O) groups is 1. The number of amides is 1. The quantitative estimate of drug-likeness (QED) is 0.713. The molecule has 0 radical (unpaired) electrons. The standard InChI is InChI=1S/C21H23N2O.BrH/c1-16(24)23(17-10-6-5-7-11-17)15-14-20-21(2,3)18-12-8-9-13-19(18)22(20)4;/h5-15H,1-4H3;1H/q+1;/p-1. The van der Waals surface area contributed by atoms with Crippen LogP contribution in [0.4, 0.5) is 11.4 Å². The third-order valence-corrected chi connectivity index (χ3v) is 4.70. The van der Waals surface area contributed by atoms with Gasteiger partial charge < -0.3 is 17.0 Å². The van der Waals surface area contributed by atoms with Crippen molar-refractivity contribution in [3.05, 3.63) is 72.4 Å². The van der Waals surface area contributed by atoms with Crippen molar-refractivity contribution in [2.24, 2.45) is 0 Å². The predicted molar refractivity (Wildman–Crippen MR) is 99.1 cm³/mol. The van der Waals surface area contributed by atoms with E-state index in [-0.39, 0.29) is 28.3 Å². The molecule has 0 atom stereocenters.